The number of ketones is 1. The van der Waals surface area contributed by atoms with Crippen LogP contribution in [0.5, 0.6) is 0 Å². The lowest BCUT2D eigenvalue weighted by atomic mass is 10.0. The van der Waals surface area contributed by atoms with Gasteiger partial charge in [-0.15, -0.1) is 6.58 Å². The summed E-state index contributed by atoms with van der Waals surface area (Å²) in [4.78, 5) is 11.2. The second-order valence-electron chi connectivity index (χ2n) is 9.47. The minimum absolute atomic E-state index is 0.0897. The van der Waals surface area contributed by atoms with Gasteiger partial charge in [0.1, 0.15) is 6.61 Å². The van der Waals surface area contributed by atoms with Crippen LogP contribution < -0.4 is 0 Å². The highest BCUT2D eigenvalue weighted by Crippen LogP contribution is 2.23. The minimum atomic E-state index is 0.0897. The lowest BCUT2D eigenvalue weighted by molar-refractivity contribution is 0.0665. The molecular formula is C36H36I2O5. The van der Waals surface area contributed by atoms with E-state index in [1.807, 2.05) is 72.8 Å². The van der Waals surface area contributed by atoms with Gasteiger partial charge in [0, 0.05) is 12.7 Å². The molecule has 0 saturated carbocycles. The maximum absolute atomic E-state index is 11.2. The fourth-order valence-electron chi connectivity index (χ4n) is 4.10. The zero-order valence-corrected chi connectivity index (χ0v) is 28.3. The summed E-state index contributed by atoms with van der Waals surface area (Å²) in [5, 5.41) is 8.71. The van der Waals surface area contributed by atoms with Gasteiger partial charge in [0.25, 0.3) is 0 Å². The van der Waals surface area contributed by atoms with Gasteiger partial charge < -0.3 is 19.3 Å². The number of Topliss-reactive ketones (excluding diaryl/α,β-unsaturated/α-hetero) is 1. The summed E-state index contributed by atoms with van der Waals surface area (Å²) in [5.41, 5.74) is 7.66. The molecule has 0 spiro atoms. The standard InChI is InChI=1S/C10H11IO.C10H10O.C9H8O2.C7H7IO/c1-2-7-12-8-9-5-3-4-6-10(9)11;1-8-6-11-7-9-4-2-3-5-10(8)9;10-9-6-11-5-7-3-1-2-4-8(7)9;8-7-4-2-1-3-6(7)5-9/h2-6H,1,7-8H2;2-5H,1,6-7H2;1-4H,5-6H2;1-4,9H,5H2. The van der Waals surface area contributed by atoms with Gasteiger partial charge in [0.2, 0.25) is 0 Å². The van der Waals surface area contributed by atoms with Crippen molar-refractivity contribution in [1.29, 1.82) is 0 Å². The third-order valence-corrected chi connectivity index (χ3v) is 8.42. The summed E-state index contributed by atoms with van der Waals surface area (Å²) in [6.45, 7) is 11.2. The maximum atomic E-state index is 11.2. The number of aliphatic hydroxyl groups excluding tert-OH is 1. The van der Waals surface area contributed by atoms with Gasteiger partial charge in [-0.1, -0.05) is 97.6 Å². The number of halogens is 2. The first kappa shape index (κ1) is 34.8. The third kappa shape index (κ3) is 11.7. The summed E-state index contributed by atoms with van der Waals surface area (Å²) < 4.78 is 18.1. The number of hydrogen-bond donors (Lipinski definition) is 1. The Bertz CT molecular complexity index is 1420. The number of benzene rings is 4. The number of aliphatic hydroxyl groups is 1. The molecule has 0 atom stereocenters. The monoisotopic (exact) mass is 802 g/mol. The Kier molecular flexibility index (Phi) is 15.9. The number of carbonyl (C=O) groups excluding carboxylic acids is 1. The molecule has 2 aliphatic rings. The van der Waals surface area contributed by atoms with Gasteiger partial charge in [-0.05, 0) is 90.7 Å². The zero-order chi connectivity index (χ0) is 30.9. The molecule has 0 fully saturated rings. The van der Waals surface area contributed by atoms with Gasteiger partial charge in [-0.25, -0.2) is 0 Å². The molecule has 0 bridgehead atoms. The van der Waals surface area contributed by atoms with Crippen molar-refractivity contribution in [3.05, 3.63) is 157 Å². The van der Waals surface area contributed by atoms with Crippen LogP contribution in [0.15, 0.2) is 116 Å². The molecular weight excluding hydrogens is 766 g/mol. The number of hydrogen-bond acceptors (Lipinski definition) is 5. The van der Waals surface area contributed by atoms with Crippen molar-refractivity contribution in [2.45, 2.75) is 26.4 Å². The molecule has 0 aliphatic carbocycles. The van der Waals surface area contributed by atoms with Crippen molar-refractivity contribution < 1.29 is 24.1 Å². The average molecular weight is 802 g/mol. The molecule has 5 nitrogen and oxygen atoms in total. The third-order valence-electron chi connectivity index (χ3n) is 6.32. The Hall–Kier alpha value is -2.67. The normalized spacial score (nSPS) is 13.0. The molecule has 2 heterocycles. The maximum Gasteiger partial charge on any atom is 0.188 e. The van der Waals surface area contributed by atoms with Gasteiger partial charge in [0.05, 0.1) is 39.6 Å². The van der Waals surface area contributed by atoms with Crippen molar-refractivity contribution in [1.82, 2.24) is 0 Å². The topological polar surface area (TPSA) is 65.0 Å². The summed E-state index contributed by atoms with van der Waals surface area (Å²) in [5.74, 6) is 0.0897. The largest absolute Gasteiger partial charge is 0.392 e. The van der Waals surface area contributed by atoms with Crippen LogP contribution in [-0.4, -0.2) is 30.7 Å². The van der Waals surface area contributed by atoms with Crippen molar-refractivity contribution in [2.24, 2.45) is 0 Å². The molecule has 4 aromatic rings. The van der Waals surface area contributed by atoms with Crippen molar-refractivity contribution >= 4 is 56.5 Å². The van der Waals surface area contributed by atoms with Crippen LogP contribution >= 0.6 is 45.2 Å². The lowest BCUT2D eigenvalue weighted by Gasteiger charge is -2.17. The molecule has 0 saturated heterocycles. The van der Waals surface area contributed by atoms with Crippen molar-refractivity contribution in [3.8, 4) is 0 Å². The van der Waals surface area contributed by atoms with Crippen LogP contribution in [0.2, 0.25) is 0 Å². The molecule has 6 rings (SSSR count). The van der Waals surface area contributed by atoms with E-state index in [4.69, 9.17) is 19.3 Å². The molecule has 1 N–H and O–H groups in total. The van der Waals surface area contributed by atoms with Crippen LogP contribution in [-0.2, 0) is 40.6 Å². The number of ether oxygens (including phenoxy) is 3. The van der Waals surface area contributed by atoms with E-state index in [1.54, 1.807) is 6.08 Å². The van der Waals surface area contributed by atoms with Gasteiger partial charge >= 0.3 is 0 Å². The van der Waals surface area contributed by atoms with Crippen LogP contribution in [0.1, 0.15) is 38.2 Å². The van der Waals surface area contributed by atoms with Crippen LogP contribution in [0.3, 0.4) is 0 Å². The highest BCUT2D eigenvalue weighted by atomic mass is 127. The predicted octanol–water partition coefficient (Wildman–Crippen LogP) is 8.41. The predicted molar refractivity (Wildman–Crippen MR) is 190 cm³/mol. The molecule has 0 radical (unpaired) electrons. The van der Waals surface area contributed by atoms with Crippen LogP contribution in [0, 0.1) is 7.14 Å². The average Bonchev–Trinajstić information content (AvgIpc) is 3.04. The summed E-state index contributed by atoms with van der Waals surface area (Å²) in [7, 11) is 0. The van der Waals surface area contributed by atoms with E-state index in [0.717, 1.165) is 32.4 Å². The van der Waals surface area contributed by atoms with E-state index in [1.165, 1.54) is 20.3 Å². The Labute approximate surface area is 281 Å². The van der Waals surface area contributed by atoms with Crippen molar-refractivity contribution in [3.63, 3.8) is 0 Å². The molecule has 0 amide bonds. The lowest BCUT2D eigenvalue weighted by Crippen LogP contribution is -2.17. The fourth-order valence-corrected chi connectivity index (χ4v) is 5.20. The van der Waals surface area contributed by atoms with E-state index in [0.29, 0.717) is 26.4 Å². The Morgan fingerprint density at radius 2 is 1.23 bits per heavy atom. The molecule has 224 valence electrons. The van der Waals surface area contributed by atoms with Crippen LogP contribution in [0.25, 0.3) is 5.57 Å². The molecule has 2 aliphatic heterocycles. The first-order chi connectivity index (χ1) is 20.9. The smallest absolute Gasteiger partial charge is 0.188 e. The fraction of sp³-hybridized carbons (Fsp3) is 0.194. The van der Waals surface area contributed by atoms with E-state index < -0.39 is 0 Å². The minimum Gasteiger partial charge on any atom is -0.392 e. The SMILES string of the molecule is C=C1COCc2ccccc21.C=CCOCc1ccccc1I.O=C1COCc2ccccc21.OCc1ccccc1I. The molecule has 0 unspecified atom stereocenters. The molecule has 4 aromatic carbocycles. The highest BCUT2D eigenvalue weighted by Gasteiger charge is 2.15. The highest BCUT2D eigenvalue weighted by molar-refractivity contribution is 14.1. The number of carbonyl (C=O) groups is 1. The van der Waals surface area contributed by atoms with Gasteiger partial charge in [-0.2, -0.15) is 0 Å². The van der Waals surface area contributed by atoms with E-state index in [-0.39, 0.29) is 19.0 Å². The first-order valence-corrected chi connectivity index (χ1v) is 15.9. The summed E-state index contributed by atoms with van der Waals surface area (Å²) in [6, 6.07) is 31.8. The van der Waals surface area contributed by atoms with Crippen LogP contribution in [0.4, 0.5) is 0 Å². The summed E-state index contributed by atoms with van der Waals surface area (Å²) in [6.07, 6.45) is 1.76. The first-order valence-electron chi connectivity index (χ1n) is 13.7. The van der Waals surface area contributed by atoms with E-state index >= 15 is 0 Å². The summed E-state index contributed by atoms with van der Waals surface area (Å²) >= 11 is 4.51. The number of fused-ring (bicyclic) bond motifs is 2. The Balaban J connectivity index is 0.000000158. The van der Waals surface area contributed by atoms with E-state index in [9.17, 15) is 4.79 Å². The Morgan fingerprint density at radius 1 is 0.721 bits per heavy atom. The van der Waals surface area contributed by atoms with Gasteiger partial charge in [-0.3, -0.25) is 4.79 Å². The quantitative estimate of drug-likeness (QED) is 0.125. The zero-order valence-electron chi connectivity index (χ0n) is 24.0. The molecule has 7 heteroatoms. The Morgan fingerprint density at radius 3 is 1.77 bits per heavy atom. The van der Waals surface area contributed by atoms with E-state index in [2.05, 4.69) is 82.6 Å². The molecule has 43 heavy (non-hydrogen) atoms. The van der Waals surface area contributed by atoms with Crippen molar-refractivity contribution in [2.75, 3.05) is 19.8 Å². The molecule has 0 aromatic heterocycles. The number of rotatable bonds is 5. The second kappa shape index (κ2) is 19.6. The van der Waals surface area contributed by atoms with Gasteiger partial charge in [0.15, 0.2) is 5.78 Å². The second-order valence-corrected chi connectivity index (χ2v) is 11.8.